The van der Waals surface area contributed by atoms with Crippen molar-refractivity contribution in [2.24, 2.45) is 0 Å². The molecule has 0 saturated carbocycles. The molecular weight excluding hydrogens is 322 g/mol. The molecular formula is C18H19N3O4. The fraction of sp³-hybridized carbons (Fsp3) is 0.222. The Hall–Kier alpha value is -3.06. The summed E-state index contributed by atoms with van der Waals surface area (Å²) in [5.74, 6) is -1.89. The molecule has 0 aliphatic heterocycles. The molecule has 1 unspecified atom stereocenters. The minimum atomic E-state index is -1.37. The van der Waals surface area contributed by atoms with E-state index >= 15 is 0 Å². The zero-order chi connectivity index (χ0) is 18.4. The average Bonchev–Trinajstić information content (AvgIpc) is 2.67. The van der Waals surface area contributed by atoms with Crippen molar-refractivity contribution in [2.45, 2.75) is 6.04 Å². The van der Waals surface area contributed by atoms with Gasteiger partial charge < -0.3 is 15.3 Å². The van der Waals surface area contributed by atoms with E-state index in [1.165, 1.54) is 14.1 Å². The van der Waals surface area contributed by atoms with Crippen molar-refractivity contribution in [3.8, 4) is 11.1 Å². The third-order valence-electron chi connectivity index (χ3n) is 3.81. The van der Waals surface area contributed by atoms with Crippen LogP contribution in [0.2, 0.25) is 0 Å². The standard InChI is InChI=1S/C18H19N3O4/c1-19-17(24)16(15(23)11-22)21(2)18(25)14-5-3-12(4-6-14)13-7-9-20-10-8-13/h3-10,16,22H,11H2,1-2H3,(H,19,24). The van der Waals surface area contributed by atoms with Crippen LogP contribution in [0.4, 0.5) is 0 Å². The van der Waals surface area contributed by atoms with Crippen molar-refractivity contribution < 1.29 is 19.5 Å². The fourth-order valence-electron chi connectivity index (χ4n) is 2.43. The molecule has 0 fully saturated rings. The molecule has 2 rings (SSSR count). The number of carbonyl (C=O) groups excluding carboxylic acids is 3. The number of rotatable bonds is 6. The molecule has 0 radical (unpaired) electrons. The Morgan fingerprint density at radius 2 is 1.64 bits per heavy atom. The number of amides is 2. The van der Waals surface area contributed by atoms with Crippen molar-refractivity contribution in [3.63, 3.8) is 0 Å². The average molecular weight is 341 g/mol. The van der Waals surface area contributed by atoms with Crippen molar-refractivity contribution >= 4 is 17.6 Å². The number of aromatic nitrogens is 1. The lowest BCUT2D eigenvalue weighted by atomic mass is 10.0. The molecule has 2 N–H and O–H groups in total. The summed E-state index contributed by atoms with van der Waals surface area (Å²) in [5.41, 5.74) is 2.21. The van der Waals surface area contributed by atoms with Gasteiger partial charge in [-0.25, -0.2) is 0 Å². The zero-order valence-electron chi connectivity index (χ0n) is 14.0. The minimum absolute atomic E-state index is 0.333. The van der Waals surface area contributed by atoms with E-state index in [4.69, 9.17) is 5.11 Å². The summed E-state index contributed by atoms with van der Waals surface area (Å²) >= 11 is 0. The van der Waals surface area contributed by atoms with E-state index in [-0.39, 0.29) is 0 Å². The maximum Gasteiger partial charge on any atom is 0.254 e. The van der Waals surface area contributed by atoms with Gasteiger partial charge in [-0.15, -0.1) is 0 Å². The SMILES string of the molecule is CNC(=O)C(C(=O)CO)N(C)C(=O)c1ccc(-c2ccncc2)cc1. The van der Waals surface area contributed by atoms with Crippen LogP contribution < -0.4 is 5.32 Å². The molecule has 1 aromatic carbocycles. The largest absolute Gasteiger partial charge is 0.388 e. The predicted molar refractivity (Wildman–Crippen MR) is 91.7 cm³/mol. The van der Waals surface area contributed by atoms with Gasteiger partial charge >= 0.3 is 0 Å². The van der Waals surface area contributed by atoms with Crippen LogP contribution in [0.25, 0.3) is 11.1 Å². The van der Waals surface area contributed by atoms with Gasteiger partial charge in [0.05, 0.1) is 0 Å². The fourth-order valence-corrected chi connectivity index (χ4v) is 2.43. The summed E-state index contributed by atoms with van der Waals surface area (Å²) in [6.45, 7) is -0.823. The molecule has 1 heterocycles. The molecule has 1 atom stereocenters. The molecule has 7 heteroatoms. The third-order valence-corrected chi connectivity index (χ3v) is 3.81. The van der Waals surface area contributed by atoms with Crippen LogP contribution in [0.15, 0.2) is 48.8 Å². The summed E-state index contributed by atoms with van der Waals surface area (Å²) < 4.78 is 0. The van der Waals surface area contributed by atoms with Crippen LogP contribution in [-0.4, -0.2) is 59.3 Å². The van der Waals surface area contributed by atoms with Gasteiger partial charge in [-0.3, -0.25) is 19.4 Å². The lowest BCUT2D eigenvalue weighted by molar-refractivity contribution is -0.135. The highest BCUT2D eigenvalue weighted by Crippen LogP contribution is 2.19. The van der Waals surface area contributed by atoms with Crippen molar-refractivity contribution in [3.05, 3.63) is 54.4 Å². The molecule has 0 spiro atoms. The van der Waals surface area contributed by atoms with Gasteiger partial charge in [-0.2, -0.15) is 0 Å². The highest BCUT2D eigenvalue weighted by Gasteiger charge is 2.32. The second-order valence-electron chi connectivity index (χ2n) is 5.37. The highest BCUT2D eigenvalue weighted by molar-refractivity contribution is 6.10. The Labute approximate surface area is 145 Å². The van der Waals surface area contributed by atoms with E-state index in [0.717, 1.165) is 16.0 Å². The molecule has 0 aliphatic rings. The van der Waals surface area contributed by atoms with E-state index in [1.54, 1.807) is 36.7 Å². The summed E-state index contributed by atoms with van der Waals surface area (Å²) in [6.07, 6.45) is 3.35. The summed E-state index contributed by atoms with van der Waals surface area (Å²) in [7, 11) is 2.72. The van der Waals surface area contributed by atoms with Crippen LogP contribution in [-0.2, 0) is 9.59 Å². The van der Waals surface area contributed by atoms with Crippen molar-refractivity contribution in [2.75, 3.05) is 20.7 Å². The number of aliphatic hydroxyl groups excluding tert-OH is 1. The number of ketones is 1. The lowest BCUT2D eigenvalue weighted by Gasteiger charge is -2.25. The topological polar surface area (TPSA) is 99.6 Å². The lowest BCUT2D eigenvalue weighted by Crippen LogP contribution is -2.52. The normalized spacial score (nSPS) is 11.5. The zero-order valence-corrected chi connectivity index (χ0v) is 14.0. The van der Waals surface area contributed by atoms with E-state index in [0.29, 0.717) is 5.56 Å². The number of nitrogens with zero attached hydrogens (tertiary/aromatic N) is 2. The first-order chi connectivity index (χ1) is 12.0. The Morgan fingerprint density at radius 3 is 2.16 bits per heavy atom. The smallest absolute Gasteiger partial charge is 0.254 e. The second kappa shape index (κ2) is 8.16. The van der Waals surface area contributed by atoms with Gasteiger partial charge in [0.15, 0.2) is 11.8 Å². The Bertz CT molecular complexity index is 744. The van der Waals surface area contributed by atoms with Gasteiger partial charge in [0.1, 0.15) is 6.61 Å². The van der Waals surface area contributed by atoms with Crippen LogP contribution in [0.1, 0.15) is 10.4 Å². The minimum Gasteiger partial charge on any atom is -0.388 e. The van der Waals surface area contributed by atoms with Gasteiger partial charge in [0.25, 0.3) is 5.91 Å². The molecule has 2 aromatic rings. The van der Waals surface area contributed by atoms with Crippen LogP contribution in [0, 0.1) is 0 Å². The third kappa shape index (κ3) is 4.07. The first kappa shape index (κ1) is 18.3. The van der Waals surface area contributed by atoms with E-state index in [9.17, 15) is 14.4 Å². The molecule has 0 saturated heterocycles. The Kier molecular flexibility index (Phi) is 5.97. The van der Waals surface area contributed by atoms with Crippen molar-refractivity contribution in [1.82, 2.24) is 15.2 Å². The Balaban J connectivity index is 2.24. The van der Waals surface area contributed by atoms with E-state index < -0.39 is 30.2 Å². The first-order valence-electron chi connectivity index (χ1n) is 7.62. The van der Waals surface area contributed by atoms with Crippen LogP contribution >= 0.6 is 0 Å². The van der Waals surface area contributed by atoms with Gasteiger partial charge in [0, 0.05) is 32.1 Å². The maximum atomic E-state index is 12.6. The number of Topliss-reactive ketones (excluding diaryl/α,β-unsaturated/α-hetero) is 1. The number of likely N-dealkylation sites (N-methyl/N-ethyl adjacent to an activating group) is 2. The van der Waals surface area contributed by atoms with Crippen LogP contribution in [0.5, 0.6) is 0 Å². The number of benzene rings is 1. The predicted octanol–water partition coefficient (Wildman–Crippen LogP) is 0.497. The molecule has 0 aliphatic carbocycles. The Morgan fingerprint density at radius 1 is 1.08 bits per heavy atom. The van der Waals surface area contributed by atoms with Gasteiger partial charge in [0.2, 0.25) is 5.91 Å². The quantitative estimate of drug-likeness (QED) is 0.745. The number of hydrogen-bond acceptors (Lipinski definition) is 5. The maximum absolute atomic E-state index is 12.6. The summed E-state index contributed by atoms with van der Waals surface area (Å²) in [6, 6.07) is 9.13. The summed E-state index contributed by atoms with van der Waals surface area (Å²) in [5, 5.41) is 11.4. The van der Waals surface area contributed by atoms with Crippen LogP contribution in [0.3, 0.4) is 0 Å². The van der Waals surface area contributed by atoms with E-state index in [2.05, 4.69) is 10.3 Å². The summed E-state index contributed by atoms with van der Waals surface area (Å²) in [4.78, 5) is 41.3. The second-order valence-corrected chi connectivity index (χ2v) is 5.37. The molecule has 2 amide bonds. The van der Waals surface area contributed by atoms with E-state index in [1.807, 2.05) is 12.1 Å². The molecule has 25 heavy (non-hydrogen) atoms. The molecule has 0 bridgehead atoms. The number of nitrogens with one attached hydrogen (secondary N) is 1. The number of pyridine rings is 1. The van der Waals surface area contributed by atoms with Crippen molar-refractivity contribution in [1.29, 1.82) is 0 Å². The molecule has 7 nitrogen and oxygen atoms in total. The highest BCUT2D eigenvalue weighted by atomic mass is 16.3. The number of hydrogen-bond donors (Lipinski definition) is 2. The van der Waals surface area contributed by atoms with Gasteiger partial charge in [-0.1, -0.05) is 12.1 Å². The van der Waals surface area contributed by atoms with Gasteiger partial charge in [-0.05, 0) is 35.4 Å². The first-order valence-corrected chi connectivity index (χ1v) is 7.62. The molecule has 1 aromatic heterocycles. The number of carbonyl (C=O) groups is 3. The monoisotopic (exact) mass is 341 g/mol. The molecule has 130 valence electrons. The number of aliphatic hydroxyl groups is 1.